The first-order valence-electron chi connectivity index (χ1n) is 28.6. The van der Waals surface area contributed by atoms with Gasteiger partial charge in [0.05, 0.1) is 50.7 Å². The monoisotopic (exact) mass is 1260 g/mol. The number of ether oxygens (including phenoxy) is 6. The predicted molar refractivity (Wildman–Crippen MR) is 352 cm³/mol. The van der Waals surface area contributed by atoms with Crippen molar-refractivity contribution in [2.45, 2.75) is 69.4 Å². The Kier molecular flexibility index (Phi) is 20.4. The van der Waals surface area contributed by atoms with Gasteiger partial charge in [0.2, 0.25) is 29.5 Å². The second-order valence-corrected chi connectivity index (χ2v) is 27.3. The average molecular weight is 1260 g/mol. The molecular formula is C75H68O12S3. The molecule has 0 saturated heterocycles. The molecule has 0 amide bonds. The minimum Gasteiger partial charge on any atom is -0.497 e. The quantitative estimate of drug-likeness (QED) is 0.0802. The smallest absolute Gasteiger partial charge is 0.206 e. The fourth-order valence-electron chi connectivity index (χ4n) is 9.29. The first-order chi connectivity index (χ1) is 43.1. The molecule has 0 bridgehead atoms. The van der Waals surface area contributed by atoms with E-state index in [1.54, 1.807) is 191 Å². The summed E-state index contributed by atoms with van der Waals surface area (Å²) in [5.74, 6) is 6.10. The fraction of sp³-hybridized carbons (Fsp3) is 0.120. The van der Waals surface area contributed by atoms with Gasteiger partial charge in [-0.1, -0.05) is 115 Å². The Balaban J connectivity index is 0.000000162. The summed E-state index contributed by atoms with van der Waals surface area (Å²) in [7, 11) is -5.73. The van der Waals surface area contributed by atoms with Gasteiger partial charge in [-0.2, -0.15) is 0 Å². The highest BCUT2D eigenvalue weighted by Crippen LogP contribution is 2.36. The molecule has 11 rings (SSSR count). The molecule has 0 aliphatic rings. The van der Waals surface area contributed by atoms with E-state index in [4.69, 9.17) is 28.4 Å². The Bertz CT molecular complexity index is 4490. The molecular weight excluding hydrogens is 1190 g/mol. The highest BCUT2D eigenvalue weighted by atomic mass is 32.2. The Morgan fingerprint density at radius 1 is 0.233 bits per heavy atom. The third-order valence-corrected chi connectivity index (χ3v) is 20.2. The highest BCUT2D eigenvalue weighted by Gasteiger charge is 2.24. The number of hydrogen-bond donors (Lipinski definition) is 0. The van der Waals surface area contributed by atoms with E-state index in [0.29, 0.717) is 34.5 Å². The maximum atomic E-state index is 12.9. The van der Waals surface area contributed by atoms with Crippen molar-refractivity contribution >= 4 is 29.5 Å². The summed E-state index contributed by atoms with van der Waals surface area (Å²) in [5, 5.41) is 0. The summed E-state index contributed by atoms with van der Waals surface area (Å²) in [5.41, 5.74) is 7.35. The van der Waals surface area contributed by atoms with Gasteiger partial charge in [-0.25, -0.2) is 25.3 Å². The number of methoxy groups -OCH3 is 3. The van der Waals surface area contributed by atoms with E-state index < -0.39 is 29.5 Å². The molecule has 90 heavy (non-hydrogen) atoms. The summed E-state index contributed by atoms with van der Waals surface area (Å²) in [6.07, 6.45) is 0. The Hall–Kier alpha value is -9.93. The first kappa shape index (κ1) is 64.5. The predicted octanol–water partition coefficient (Wildman–Crippen LogP) is 17.9. The summed E-state index contributed by atoms with van der Waals surface area (Å²) in [6.45, 7) is 10.1. The third kappa shape index (κ3) is 16.0. The molecule has 458 valence electrons. The topological polar surface area (TPSA) is 158 Å². The van der Waals surface area contributed by atoms with Crippen LogP contribution in [0.3, 0.4) is 0 Å². The normalized spacial score (nSPS) is 11.4. The van der Waals surface area contributed by atoms with E-state index >= 15 is 0 Å². The van der Waals surface area contributed by atoms with E-state index in [0.717, 1.165) is 50.6 Å². The van der Waals surface area contributed by atoms with Crippen molar-refractivity contribution in [3.05, 3.63) is 295 Å². The lowest BCUT2D eigenvalue weighted by Gasteiger charge is -2.26. The van der Waals surface area contributed by atoms with E-state index in [2.05, 4.69) is 38.1 Å². The van der Waals surface area contributed by atoms with Crippen LogP contribution in [0.2, 0.25) is 0 Å². The number of sulfone groups is 3. The zero-order chi connectivity index (χ0) is 64.1. The summed E-state index contributed by atoms with van der Waals surface area (Å²) in [4.78, 5) is 1.54. The molecule has 0 N–H and O–H groups in total. The van der Waals surface area contributed by atoms with E-state index in [1.165, 1.54) is 5.56 Å². The van der Waals surface area contributed by atoms with Crippen molar-refractivity contribution in [3.63, 3.8) is 0 Å². The minimum atomic E-state index is -3.56. The van der Waals surface area contributed by atoms with Crippen LogP contribution in [0.5, 0.6) is 51.7 Å². The van der Waals surface area contributed by atoms with Crippen LogP contribution in [0.1, 0.15) is 41.7 Å². The van der Waals surface area contributed by atoms with Gasteiger partial charge in [0.1, 0.15) is 51.7 Å². The summed E-state index contributed by atoms with van der Waals surface area (Å²) < 4.78 is 110. The molecule has 15 heteroatoms. The number of rotatable bonds is 18. The van der Waals surface area contributed by atoms with E-state index in [9.17, 15) is 25.3 Å². The highest BCUT2D eigenvalue weighted by molar-refractivity contribution is 7.92. The molecule has 11 aromatic carbocycles. The average Bonchev–Trinajstić information content (AvgIpc) is 1.21. The van der Waals surface area contributed by atoms with Crippen molar-refractivity contribution in [3.8, 4) is 62.9 Å². The van der Waals surface area contributed by atoms with Crippen LogP contribution in [0.25, 0.3) is 11.1 Å². The summed E-state index contributed by atoms with van der Waals surface area (Å²) in [6, 6.07) is 78.6. The second kappa shape index (κ2) is 28.5. The Morgan fingerprint density at radius 3 is 0.633 bits per heavy atom. The molecule has 0 radical (unpaired) electrons. The van der Waals surface area contributed by atoms with Gasteiger partial charge in [0, 0.05) is 5.41 Å². The maximum Gasteiger partial charge on any atom is 0.206 e. The zero-order valence-electron chi connectivity index (χ0n) is 51.0. The SMILES string of the molecule is COc1ccc(-c2ccc(Oc3ccc(S(=O)(=O)c4ccc(C)cc4)cc3)cc2)cc1.COc1ccc(C(C)(C)c2ccc(Oc3ccc(S(=O)(=O)c4ccc(C)cc4)cc3)cc2)cc1.COc1ccc(Oc2ccc(S(=O)(=O)c3ccc(C)cc3)cc2)cc1. The van der Waals surface area contributed by atoms with Gasteiger partial charge >= 0.3 is 0 Å². The molecule has 12 nitrogen and oxygen atoms in total. The molecule has 11 aromatic rings. The van der Waals surface area contributed by atoms with Gasteiger partial charge in [0.15, 0.2) is 0 Å². The minimum absolute atomic E-state index is 0.184. The van der Waals surface area contributed by atoms with Crippen LogP contribution in [0, 0.1) is 20.8 Å². The van der Waals surface area contributed by atoms with Gasteiger partial charge in [-0.3, -0.25) is 0 Å². The summed E-state index contributed by atoms with van der Waals surface area (Å²) >= 11 is 0. The Morgan fingerprint density at radius 2 is 0.400 bits per heavy atom. The lowest BCUT2D eigenvalue weighted by Crippen LogP contribution is -2.18. The largest absolute Gasteiger partial charge is 0.497 e. The molecule has 0 aromatic heterocycles. The molecule has 0 fully saturated rings. The third-order valence-electron chi connectivity index (χ3n) is 14.8. The van der Waals surface area contributed by atoms with Crippen LogP contribution in [0.15, 0.2) is 296 Å². The Labute approximate surface area is 528 Å². The van der Waals surface area contributed by atoms with Crippen LogP contribution in [-0.4, -0.2) is 46.6 Å². The van der Waals surface area contributed by atoms with Crippen molar-refractivity contribution in [2.24, 2.45) is 0 Å². The number of hydrogen-bond acceptors (Lipinski definition) is 12. The molecule has 0 saturated carbocycles. The van der Waals surface area contributed by atoms with Crippen LogP contribution in [0.4, 0.5) is 0 Å². The van der Waals surface area contributed by atoms with Gasteiger partial charge < -0.3 is 28.4 Å². The zero-order valence-corrected chi connectivity index (χ0v) is 53.5. The van der Waals surface area contributed by atoms with Crippen molar-refractivity contribution in [1.29, 1.82) is 0 Å². The van der Waals surface area contributed by atoms with Crippen molar-refractivity contribution < 1.29 is 53.7 Å². The van der Waals surface area contributed by atoms with Crippen LogP contribution >= 0.6 is 0 Å². The molecule has 0 aliphatic heterocycles. The standard InChI is InChI=1S/C29H28O4S.C26H22O4S.C20H18O4S/c1-21-5-17-27(18-6-21)34(30,31)28-19-15-26(16-20-28)33-25-13-9-23(10-14-25)29(2,3)22-7-11-24(32-4)12-8-22;1-19-3-15-25(16-4-19)31(27,28)26-17-13-24(14-18-26)30-23-11-7-21(8-12-23)20-5-9-22(29-2)10-6-20;1-15-3-11-19(12-4-15)25(21,22)20-13-9-18(10-14-20)24-17-7-5-16(23-2)6-8-17/h5-20H,1-4H3;3-18H,1-2H3;3-14H,1-2H3. The molecule has 0 atom stereocenters. The molecule has 0 unspecified atom stereocenters. The van der Waals surface area contributed by atoms with Gasteiger partial charge in [-0.15, -0.1) is 0 Å². The van der Waals surface area contributed by atoms with Crippen LogP contribution in [-0.2, 0) is 34.9 Å². The number of benzene rings is 11. The van der Waals surface area contributed by atoms with Crippen molar-refractivity contribution in [2.75, 3.05) is 21.3 Å². The van der Waals surface area contributed by atoms with Gasteiger partial charge in [0.25, 0.3) is 0 Å². The van der Waals surface area contributed by atoms with Crippen LogP contribution < -0.4 is 28.4 Å². The maximum absolute atomic E-state index is 12.9. The molecule has 0 aliphatic carbocycles. The molecule has 0 spiro atoms. The number of aryl methyl sites for hydroxylation is 3. The van der Waals surface area contributed by atoms with Gasteiger partial charge in [-0.05, 0) is 225 Å². The first-order valence-corrected chi connectivity index (χ1v) is 33.0. The second-order valence-electron chi connectivity index (χ2n) is 21.5. The lowest BCUT2D eigenvalue weighted by atomic mass is 9.78. The molecule has 0 heterocycles. The van der Waals surface area contributed by atoms with E-state index in [1.807, 2.05) is 93.6 Å². The lowest BCUT2D eigenvalue weighted by molar-refractivity contribution is 0.413. The van der Waals surface area contributed by atoms with E-state index in [-0.39, 0.29) is 34.8 Å². The van der Waals surface area contributed by atoms with Crippen molar-refractivity contribution in [1.82, 2.24) is 0 Å². The fourth-order valence-corrected chi connectivity index (χ4v) is 13.1.